The number of fused-ring (bicyclic) bond motifs is 1. The number of aromatic nitrogens is 3. The average molecular weight is 455 g/mol. The minimum absolute atomic E-state index is 0.177. The predicted molar refractivity (Wildman–Crippen MR) is 114 cm³/mol. The first-order valence-electron chi connectivity index (χ1n) is 9.11. The van der Waals surface area contributed by atoms with E-state index in [2.05, 4.69) is 16.8 Å². The molecule has 31 heavy (non-hydrogen) atoms. The van der Waals surface area contributed by atoms with Crippen molar-refractivity contribution in [2.24, 2.45) is 0 Å². The van der Waals surface area contributed by atoms with Crippen LogP contribution in [0.1, 0.15) is 20.7 Å². The van der Waals surface area contributed by atoms with Crippen LogP contribution in [0.4, 0.5) is 0 Å². The maximum absolute atomic E-state index is 12.3. The van der Waals surface area contributed by atoms with Gasteiger partial charge in [0.25, 0.3) is 11.8 Å². The van der Waals surface area contributed by atoms with Gasteiger partial charge in [0, 0.05) is 17.1 Å². The number of rotatable bonds is 7. The summed E-state index contributed by atoms with van der Waals surface area (Å²) in [5.41, 5.74) is 1.21. The van der Waals surface area contributed by atoms with E-state index in [1.165, 1.54) is 12.1 Å². The number of benzene rings is 2. The summed E-state index contributed by atoms with van der Waals surface area (Å²) >= 11 is 7.02. The molecule has 10 heteroatoms. The van der Waals surface area contributed by atoms with Crippen molar-refractivity contribution in [2.75, 3.05) is 5.75 Å². The van der Waals surface area contributed by atoms with Gasteiger partial charge in [0.1, 0.15) is 5.75 Å². The number of carbonyl (C=O) groups excluding carboxylic acids is 3. The van der Waals surface area contributed by atoms with Crippen LogP contribution in [0.3, 0.4) is 0 Å². The van der Waals surface area contributed by atoms with Crippen LogP contribution in [0.25, 0.3) is 11.4 Å². The molecule has 0 radical (unpaired) electrons. The van der Waals surface area contributed by atoms with Crippen molar-refractivity contribution >= 4 is 41.1 Å². The van der Waals surface area contributed by atoms with E-state index in [-0.39, 0.29) is 16.9 Å². The van der Waals surface area contributed by atoms with Gasteiger partial charge in [-0.25, -0.2) is 4.79 Å². The molecule has 8 nitrogen and oxygen atoms in total. The predicted octanol–water partition coefficient (Wildman–Crippen LogP) is 3.63. The molecule has 156 valence electrons. The number of hydrogen-bond donors (Lipinski definition) is 0. The lowest BCUT2D eigenvalue weighted by atomic mass is 10.1. The second kappa shape index (κ2) is 8.75. The number of carbonyl (C=O) groups is 3. The van der Waals surface area contributed by atoms with Crippen molar-refractivity contribution in [2.45, 2.75) is 11.7 Å². The highest BCUT2D eigenvalue weighted by atomic mass is 35.5. The topological polar surface area (TPSA) is 94.4 Å². The number of halogens is 1. The molecule has 4 rings (SSSR count). The van der Waals surface area contributed by atoms with Crippen LogP contribution < -0.4 is 0 Å². The summed E-state index contributed by atoms with van der Waals surface area (Å²) < 4.78 is 1.79. The third-order valence-corrected chi connectivity index (χ3v) is 5.59. The maximum atomic E-state index is 12.3. The molecule has 0 N–H and O–H groups in total. The van der Waals surface area contributed by atoms with Gasteiger partial charge in [-0.15, -0.1) is 16.8 Å². The molecule has 1 aliphatic rings. The number of hydrogen-bond acceptors (Lipinski definition) is 7. The number of nitrogens with zero attached hydrogens (tertiary/aromatic N) is 4. The Hall–Kier alpha value is -3.43. The fourth-order valence-corrected chi connectivity index (χ4v) is 3.84. The lowest BCUT2D eigenvalue weighted by Crippen LogP contribution is -2.33. The van der Waals surface area contributed by atoms with Crippen LogP contribution in [0.15, 0.2) is 66.3 Å². The van der Waals surface area contributed by atoms with E-state index < -0.39 is 17.8 Å². The first kappa shape index (κ1) is 20.8. The molecule has 2 amide bonds. The Morgan fingerprint density at radius 2 is 1.71 bits per heavy atom. The van der Waals surface area contributed by atoms with Crippen molar-refractivity contribution in [1.29, 1.82) is 0 Å². The fourth-order valence-electron chi connectivity index (χ4n) is 3.00. The molecule has 1 aromatic heterocycles. The second-order valence-electron chi connectivity index (χ2n) is 6.41. The van der Waals surface area contributed by atoms with Crippen LogP contribution in [-0.2, 0) is 16.2 Å². The fraction of sp³-hybridized carbons (Fsp3) is 0.0952. The Morgan fingerprint density at radius 3 is 2.32 bits per heavy atom. The standard InChI is InChI=1S/C21H15ClN4O4S/c1-2-11-25-18(13-7-9-14(22)10-8-13)23-24-21(25)31-12-17(27)30-26-19(28)15-5-3-4-6-16(15)20(26)29/h2-10H,1,11-12H2. The molecular formula is C21H15ClN4O4S. The number of thioether (sulfide) groups is 1. The number of amides is 2. The van der Waals surface area contributed by atoms with Gasteiger partial charge in [0.2, 0.25) is 0 Å². The average Bonchev–Trinajstić information content (AvgIpc) is 3.28. The third kappa shape index (κ3) is 4.10. The summed E-state index contributed by atoms with van der Waals surface area (Å²) in [6.07, 6.45) is 1.68. The highest BCUT2D eigenvalue weighted by Gasteiger charge is 2.38. The van der Waals surface area contributed by atoms with Gasteiger partial charge in [-0.3, -0.25) is 14.2 Å². The van der Waals surface area contributed by atoms with Gasteiger partial charge in [-0.1, -0.05) is 46.6 Å². The van der Waals surface area contributed by atoms with Crippen LogP contribution in [0, 0.1) is 0 Å². The summed E-state index contributed by atoms with van der Waals surface area (Å²) in [6.45, 7) is 4.16. The third-order valence-electron chi connectivity index (χ3n) is 4.40. The van der Waals surface area contributed by atoms with Gasteiger partial charge in [-0.05, 0) is 36.4 Å². The van der Waals surface area contributed by atoms with Gasteiger partial charge < -0.3 is 4.84 Å². The van der Waals surface area contributed by atoms with Crippen LogP contribution in [0.5, 0.6) is 0 Å². The minimum atomic E-state index is -0.763. The zero-order valence-corrected chi connectivity index (χ0v) is 17.6. The molecular weight excluding hydrogens is 440 g/mol. The van der Waals surface area contributed by atoms with Crippen molar-refractivity contribution in [3.05, 3.63) is 77.3 Å². The van der Waals surface area contributed by atoms with Gasteiger partial charge in [0.05, 0.1) is 11.1 Å². The number of hydroxylamine groups is 2. The zero-order valence-electron chi connectivity index (χ0n) is 16.0. The molecule has 0 bridgehead atoms. The van der Waals surface area contributed by atoms with Crippen LogP contribution >= 0.6 is 23.4 Å². The Labute approximate surface area is 186 Å². The molecule has 0 unspecified atom stereocenters. The monoisotopic (exact) mass is 454 g/mol. The van der Waals surface area contributed by atoms with Gasteiger partial charge >= 0.3 is 5.97 Å². The van der Waals surface area contributed by atoms with Crippen molar-refractivity contribution in [3.63, 3.8) is 0 Å². The largest absolute Gasteiger partial charge is 0.343 e. The first-order valence-corrected chi connectivity index (χ1v) is 10.5. The van der Waals surface area contributed by atoms with Crippen LogP contribution in [-0.4, -0.2) is 43.4 Å². The summed E-state index contributed by atoms with van der Waals surface area (Å²) in [7, 11) is 0. The Bertz CT molecular complexity index is 1160. The molecule has 0 aliphatic carbocycles. The smallest absolute Gasteiger partial charge is 0.329 e. The highest BCUT2D eigenvalue weighted by Crippen LogP contribution is 2.26. The van der Waals surface area contributed by atoms with E-state index in [0.717, 1.165) is 17.3 Å². The summed E-state index contributed by atoms with van der Waals surface area (Å²) in [4.78, 5) is 42.0. The molecule has 2 heterocycles. The number of allylic oxidation sites excluding steroid dienone is 1. The molecule has 0 atom stereocenters. The van der Waals surface area contributed by atoms with Crippen molar-refractivity contribution < 1.29 is 19.2 Å². The van der Waals surface area contributed by atoms with Gasteiger partial charge in [-0.2, -0.15) is 0 Å². The van der Waals surface area contributed by atoms with E-state index in [1.54, 1.807) is 34.9 Å². The molecule has 0 saturated heterocycles. The summed E-state index contributed by atoms with van der Waals surface area (Å²) in [5.74, 6) is -1.69. The molecule has 0 spiro atoms. The normalized spacial score (nSPS) is 12.7. The summed E-state index contributed by atoms with van der Waals surface area (Å²) in [6, 6.07) is 13.4. The Morgan fingerprint density at radius 1 is 1.06 bits per heavy atom. The zero-order chi connectivity index (χ0) is 22.0. The van der Waals surface area contributed by atoms with E-state index in [4.69, 9.17) is 16.4 Å². The molecule has 0 fully saturated rings. The Balaban J connectivity index is 1.45. The molecule has 2 aromatic carbocycles. The van der Waals surface area contributed by atoms with Crippen molar-refractivity contribution in [1.82, 2.24) is 19.8 Å². The highest BCUT2D eigenvalue weighted by molar-refractivity contribution is 7.99. The second-order valence-corrected chi connectivity index (χ2v) is 7.79. The lowest BCUT2D eigenvalue weighted by molar-refractivity contribution is -0.165. The van der Waals surface area contributed by atoms with E-state index in [9.17, 15) is 14.4 Å². The molecule has 3 aromatic rings. The van der Waals surface area contributed by atoms with Gasteiger partial charge in [0.15, 0.2) is 11.0 Å². The first-order chi connectivity index (χ1) is 15.0. The van der Waals surface area contributed by atoms with E-state index in [1.807, 2.05) is 12.1 Å². The van der Waals surface area contributed by atoms with E-state index in [0.29, 0.717) is 27.6 Å². The molecule has 0 saturated carbocycles. The Kier molecular flexibility index (Phi) is 5.88. The lowest BCUT2D eigenvalue weighted by Gasteiger charge is -2.12. The quantitative estimate of drug-likeness (QED) is 0.305. The number of imide groups is 1. The SMILES string of the molecule is C=CCn1c(SCC(=O)ON2C(=O)c3ccccc3C2=O)nnc1-c1ccc(Cl)cc1. The molecule has 1 aliphatic heterocycles. The van der Waals surface area contributed by atoms with Crippen molar-refractivity contribution in [3.8, 4) is 11.4 Å². The maximum Gasteiger partial charge on any atom is 0.343 e. The van der Waals surface area contributed by atoms with E-state index >= 15 is 0 Å². The van der Waals surface area contributed by atoms with Crippen LogP contribution in [0.2, 0.25) is 5.02 Å². The minimum Gasteiger partial charge on any atom is -0.329 e. The summed E-state index contributed by atoms with van der Waals surface area (Å²) in [5, 5.41) is 9.89.